The lowest BCUT2D eigenvalue weighted by atomic mass is 9.79. The summed E-state index contributed by atoms with van der Waals surface area (Å²) in [5, 5.41) is 21.3. The molecule has 0 aliphatic heterocycles. The summed E-state index contributed by atoms with van der Waals surface area (Å²) in [5.41, 5.74) is 4.83. The SMILES string of the molecule is O=C(NC(CCOC1CC(CCc2ccc3c(n2)CCCC3)C1)C(=O)O)c1cccc(CO)c1. The Morgan fingerprint density at radius 2 is 1.97 bits per heavy atom. The van der Waals surface area contributed by atoms with Gasteiger partial charge < -0.3 is 20.3 Å². The molecule has 4 rings (SSSR count). The maximum atomic E-state index is 12.4. The zero-order chi connectivity index (χ0) is 23.9. The number of aliphatic hydroxyl groups is 1. The van der Waals surface area contributed by atoms with E-state index in [0.29, 0.717) is 17.0 Å². The number of carbonyl (C=O) groups is 2. The van der Waals surface area contributed by atoms with Crippen LogP contribution in [0.4, 0.5) is 0 Å². The third kappa shape index (κ3) is 6.42. The Labute approximate surface area is 200 Å². The quantitative estimate of drug-likeness (QED) is 0.468. The van der Waals surface area contributed by atoms with Gasteiger partial charge >= 0.3 is 5.97 Å². The minimum absolute atomic E-state index is 0.160. The van der Waals surface area contributed by atoms with Crippen molar-refractivity contribution in [3.63, 3.8) is 0 Å². The summed E-state index contributed by atoms with van der Waals surface area (Å²) in [6.07, 6.45) is 9.23. The summed E-state index contributed by atoms with van der Waals surface area (Å²) in [5.74, 6) is -0.932. The van der Waals surface area contributed by atoms with Gasteiger partial charge in [0.1, 0.15) is 6.04 Å². The van der Waals surface area contributed by atoms with Crippen molar-refractivity contribution in [1.82, 2.24) is 10.3 Å². The molecular weight excluding hydrogens is 432 g/mol. The largest absolute Gasteiger partial charge is 0.480 e. The van der Waals surface area contributed by atoms with Crippen molar-refractivity contribution in [2.24, 2.45) is 5.92 Å². The summed E-state index contributed by atoms with van der Waals surface area (Å²) in [6, 6.07) is 9.93. The molecule has 1 atom stereocenters. The number of aromatic nitrogens is 1. The number of ether oxygens (including phenoxy) is 1. The van der Waals surface area contributed by atoms with Crippen LogP contribution in [0.3, 0.4) is 0 Å². The Hall–Kier alpha value is -2.77. The van der Waals surface area contributed by atoms with E-state index in [4.69, 9.17) is 9.72 Å². The van der Waals surface area contributed by atoms with E-state index in [0.717, 1.165) is 38.5 Å². The molecule has 2 aliphatic carbocycles. The maximum absolute atomic E-state index is 12.4. The molecule has 1 fully saturated rings. The molecule has 0 bridgehead atoms. The predicted molar refractivity (Wildman–Crippen MR) is 128 cm³/mol. The molecule has 182 valence electrons. The van der Waals surface area contributed by atoms with Gasteiger partial charge in [-0.15, -0.1) is 0 Å². The van der Waals surface area contributed by atoms with Crippen LogP contribution in [0.25, 0.3) is 0 Å². The van der Waals surface area contributed by atoms with Crippen molar-refractivity contribution in [3.8, 4) is 0 Å². The minimum Gasteiger partial charge on any atom is -0.480 e. The number of aliphatic hydroxyl groups excluding tert-OH is 1. The molecule has 0 radical (unpaired) electrons. The molecule has 1 unspecified atom stereocenters. The first kappa shape index (κ1) is 24.4. The van der Waals surface area contributed by atoms with E-state index in [-0.39, 0.29) is 25.7 Å². The van der Waals surface area contributed by atoms with Crippen molar-refractivity contribution in [1.29, 1.82) is 0 Å². The van der Waals surface area contributed by atoms with E-state index in [2.05, 4.69) is 17.4 Å². The number of nitrogens with one attached hydrogen (secondary N) is 1. The van der Waals surface area contributed by atoms with Gasteiger partial charge in [0, 0.05) is 30.0 Å². The van der Waals surface area contributed by atoms with Crippen LogP contribution in [0.15, 0.2) is 36.4 Å². The number of pyridine rings is 1. The van der Waals surface area contributed by atoms with Crippen LogP contribution < -0.4 is 5.32 Å². The number of hydrogen-bond donors (Lipinski definition) is 3. The minimum atomic E-state index is -1.08. The van der Waals surface area contributed by atoms with Crippen LogP contribution >= 0.6 is 0 Å². The standard InChI is InChI=1S/C27H34N2O5/c30-17-19-4-3-6-21(14-19)26(31)29-25(27(32)33)12-13-34-23-15-18(16-23)8-10-22-11-9-20-5-1-2-7-24(20)28-22/h3-4,6,9,11,14,18,23,25,30H,1-2,5,7-8,10,12-13,15-17H2,(H,29,31)(H,32,33). The third-order valence-corrected chi connectivity index (χ3v) is 6.97. The first-order valence-corrected chi connectivity index (χ1v) is 12.3. The first-order valence-electron chi connectivity index (χ1n) is 12.3. The fraction of sp³-hybridized carbons (Fsp3) is 0.519. The molecule has 2 aromatic rings. The molecule has 7 nitrogen and oxygen atoms in total. The van der Waals surface area contributed by atoms with Crippen LogP contribution in [-0.4, -0.2) is 45.8 Å². The normalized spacial score (nSPS) is 20.1. The number of hydrogen-bond acceptors (Lipinski definition) is 5. The number of nitrogens with zero attached hydrogens (tertiary/aromatic N) is 1. The number of aryl methyl sites for hydroxylation is 3. The van der Waals surface area contributed by atoms with E-state index in [1.54, 1.807) is 24.3 Å². The summed E-state index contributed by atoms with van der Waals surface area (Å²) in [4.78, 5) is 28.9. The molecule has 34 heavy (non-hydrogen) atoms. The predicted octanol–water partition coefficient (Wildman–Crippen LogP) is 3.45. The molecular formula is C27H34N2O5. The van der Waals surface area contributed by atoms with E-state index in [1.165, 1.54) is 29.8 Å². The van der Waals surface area contributed by atoms with Crippen molar-refractivity contribution >= 4 is 11.9 Å². The highest BCUT2D eigenvalue weighted by atomic mass is 16.5. The smallest absolute Gasteiger partial charge is 0.326 e. The number of benzene rings is 1. The average molecular weight is 467 g/mol. The van der Waals surface area contributed by atoms with Crippen LogP contribution in [0.1, 0.15) is 71.4 Å². The van der Waals surface area contributed by atoms with Crippen molar-refractivity contribution in [2.45, 2.75) is 76.5 Å². The highest BCUT2D eigenvalue weighted by Crippen LogP contribution is 2.34. The second-order valence-corrected chi connectivity index (χ2v) is 9.50. The Balaban J connectivity index is 1.15. The first-order chi connectivity index (χ1) is 16.5. The Kier molecular flexibility index (Phi) is 8.29. The van der Waals surface area contributed by atoms with Crippen LogP contribution in [0.2, 0.25) is 0 Å². The molecule has 2 aliphatic rings. The number of carboxylic acids is 1. The van der Waals surface area contributed by atoms with E-state index < -0.39 is 17.9 Å². The topological polar surface area (TPSA) is 109 Å². The number of carboxylic acid groups (broad SMARTS) is 1. The second kappa shape index (κ2) is 11.6. The Morgan fingerprint density at radius 3 is 2.76 bits per heavy atom. The lowest BCUT2D eigenvalue weighted by molar-refractivity contribution is -0.140. The second-order valence-electron chi connectivity index (χ2n) is 9.50. The van der Waals surface area contributed by atoms with Gasteiger partial charge in [-0.2, -0.15) is 0 Å². The number of aliphatic carboxylic acids is 1. The van der Waals surface area contributed by atoms with Gasteiger partial charge in [0.2, 0.25) is 0 Å². The molecule has 1 heterocycles. The van der Waals surface area contributed by atoms with Gasteiger partial charge in [-0.25, -0.2) is 4.79 Å². The van der Waals surface area contributed by atoms with Crippen LogP contribution in [0.5, 0.6) is 0 Å². The van der Waals surface area contributed by atoms with Crippen molar-refractivity contribution < 1.29 is 24.5 Å². The van der Waals surface area contributed by atoms with Gasteiger partial charge in [0.15, 0.2) is 0 Å². The zero-order valence-corrected chi connectivity index (χ0v) is 19.5. The van der Waals surface area contributed by atoms with Crippen LogP contribution in [-0.2, 0) is 35.4 Å². The van der Waals surface area contributed by atoms with E-state index in [9.17, 15) is 19.8 Å². The molecule has 1 saturated carbocycles. The van der Waals surface area contributed by atoms with Crippen molar-refractivity contribution in [3.05, 3.63) is 64.5 Å². The Morgan fingerprint density at radius 1 is 1.15 bits per heavy atom. The molecule has 0 spiro atoms. The average Bonchev–Trinajstić information content (AvgIpc) is 2.83. The fourth-order valence-corrected chi connectivity index (χ4v) is 4.83. The van der Waals surface area contributed by atoms with E-state index in [1.807, 2.05) is 0 Å². The molecule has 0 saturated heterocycles. The molecule has 7 heteroatoms. The molecule has 1 aromatic heterocycles. The fourth-order valence-electron chi connectivity index (χ4n) is 4.83. The molecule has 1 amide bonds. The molecule has 1 aromatic carbocycles. The summed E-state index contributed by atoms with van der Waals surface area (Å²) >= 11 is 0. The maximum Gasteiger partial charge on any atom is 0.326 e. The van der Waals surface area contributed by atoms with Gasteiger partial charge in [-0.05, 0) is 86.6 Å². The monoisotopic (exact) mass is 466 g/mol. The summed E-state index contributed by atoms with van der Waals surface area (Å²) in [6.45, 7) is 0.112. The highest BCUT2D eigenvalue weighted by Gasteiger charge is 2.30. The number of amides is 1. The number of fused-ring (bicyclic) bond motifs is 1. The van der Waals surface area contributed by atoms with Crippen LogP contribution in [0, 0.1) is 5.92 Å². The van der Waals surface area contributed by atoms with Gasteiger partial charge in [-0.3, -0.25) is 9.78 Å². The number of carbonyl (C=O) groups excluding carboxylic acids is 1. The van der Waals surface area contributed by atoms with E-state index >= 15 is 0 Å². The zero-order valence-electron chi connectivity index (χ0n) is 19.5. The van der Waals surface area contributed by atoms with Crippen molar-refractivity contribution in [2.75, 3.05) is 6.61 Å². The lowest BCUT2D eigenvalue weighted by Gasteiger charge is -2.35. The highest BCUT2D eigenvalue weighted by molar-refractivity contribution is 5.96. The van der Waals surface area contributed by atoms with Gasteiger partial charge in [-0.1, -0.05) is 18.2 Å². The lowest BCUT2D eigenvalue weighted by Crippen LogP contribution is -2.42. The summed E-state index contributed by atoms with van der Waals surface area (Å²) < 4.78 is 5.88. The third-order valence-electron chi connectivity index (χ3n) is 6.97. The Bertz CT molecular complexity index is 1000. The van der Waals surface area contributed by atoms with Gasteiger partial charge in [0.25, 0.3) is 5.91 Å². The molecule has 3 N–H and O–H groups in total. The number of rotatable bonds is 11. The van der Waals surface area contributed by atoms with Gasteiger partial charge in [0.05, 0.1) is 12.7 Å². The summed E-state index contributed by atoms with van der Waals surface area (Å²) in [7, 11) is 0.